The average molecular weight is 479 g/mol. The SMILES string of the molecule is Cc1cccc(CN(CC(=O)Nc2cccc3ccccc23)S(=O)(=O)c2ccc(Cl)cc2)c1. The largest absolute Gasteiger partial charge is 0.324 e. The summed E-state index contributed by atoms with van der Waals surface area (Å²) >= 11 is 5.94. The van der Waals surface area contributed by atoms with Crippen LogP contribution in [-0.4, -0.2) is 25.2 Å². The van der Waals surface area contributed by atoms with E-state index in [4.69, 9.17) is 11.6 Å². The van der Waals surface area contributed by atoms with Crippen LogP contribution in [0.25, 0.3) is 10.8 Å². The summed E-state index contributed by atoms with van der Waals surface area (Å²) in [5.41, 5.74) is 2.44. The summed E-state index contributed by atoms with van der Waals surface area (Å²) in [6.07, 6.45) is 0. The quantitative estimate of drug-likeness (QED) is 0.374. The molecule has 5 nitrogen and oxygen atoms in total. The monoisotopic (exact) mass is 478 g/mol. The smallest absolute Gasteiger partial charge is 0.243 e. The van der Waals surface area contributed by atoms with Crippen molar-refractivity contribution in [3.8, 4) is 0 Å². The maximum absolute atomic E-state index is 13.4. The molecule has 0 spiro atoms. The summed E-state index contributed by atoms with van der Waals surface area (Å²) < 4.78 is 28.1. The van der Waals surface area contributed by atoms with Crippen LogP contribution in [0.4, 0.5) is 5.69 Å². The van der Waals surface area contributed by atoms with Gasteiger partial charge in [-0.25, -0.2) is 8.42 Å². The first kappa shape index (κ1) is 23.0. The second-order valence-corrected chi connectivity index (χ2v) is 10.2. The third-order valence-corrected chi connectivity index (χ3v) is 7.33. The molecule has 0 atom stereocenters. The van der Waals surface area contributed by atoms with Gasteiger partial charge in [0, 0.05) is 22.6 Å². The number of sulfonamides is 1. The van der Waals surface area contributed by atoms with E-state index in [-0.39, 0.29) is 18.0 Å². The minimum atomic E-state index is -3.94. The summed E-state index contributed by atoms with van der Waals surface area (Å²) in [6, 6.07) is 26.8. The minimum Gasteiger partial charge on any atom is -0.324 e. The number of hydrogen-bond acceptors (Lipinski definition) is 3. The van der Waals surface area contributed by atoms with Crippen LogP contribution in [0.3, 0.4) is 0 Å². The van der Waals surface area contributed by atoms with Crippen LogP contribution in [0.5, 0.6) is 0 Å². The molecule has 0 saturated heterocycles. The number of carbonyl (C=O) groups is 1. The predicted octanol–water partition coefficient (Wildman–Crippen LogP) is 5.63. The molecule has 0 fully saturated rings. The lowest BCUT2D eigenvalue weighted by Gasteiger charge is -2.22. The fraction of sp³-hybridized carbons (Fsp3) is 0.115. The molecule has 4 aromatic carbocycles. The Hall–Kier alpha value is -3.19. The van der Waals surface area contributed by atoms with Crippen LogP contribution in [-0.2, 0) is 21.4 Å². The van der Waals surface area contributed by atoms with Gasteiger partial charge in [-0.15, -0.1) is 0 Å². The number of amides is 1. The number of rotatable bonds is 7. The predicted molar refractivity (Wildman–Crippen MR) is 133 cm³/mol. The summed E-state index contributed by atoms with van der Waals surface area (Å²) in [5, 5.41) is 5.19. The Bertz CT molecular complexity index is 1400. The number of hydrogen-bond donors (Lipinski definition) is 1. The Balaban J connectivity index is 1.63. The van der Waals surface area contributed by atoms with Crippen LogP contribution < -0.4 is 5.32 Å². The van der Waals surface area contributed by atoms with Crippen LogP contribution in [0.2, 0.25) is 5.02 Å². The van der Waals surface area contributed by atoms with Gasteiger partial charge < -0.3 is 5.32 Å². The Labute approximate surface area is 198 Å². The van der Waals surface area contributed by atoms with Crippen LogP contribution in [0, 0.1) is 6.92 Å². The summed E-state index contributed by atoms with van der Waals surface area (Å²) in [7, 11) is -3.94. The van der Waals surface area contributed by atoms with E-state index in [1.807, 2.05) is 67.6 Å². The average Bonchev–Trinajstić information content (AvgIpc) is 2.79. The van der Waals surface area contributed by atoms with Crippen molar-refractivity contribution >= 4 is 44.0 Å². The first-order chi connectivity index (χ1) is 15.8. The number of nitrogens with one attached hydrogen (secondary N) is 1. The number of fused-ring (bicyclic) bond motifs is 1. The molecule has 1 amide bonds. The van der Waals surface area contributed by atoms with Crippen LogP contribution in [0.15, 0.2) is 95.9 Å². The molecule has 0 unspecified atom stereocenters. The molecule has 0 aliphatic heterocycles. The number of nitrogens with zero attached hydrogens (tertiary/aromatic N) is 1. The zero-order chi connectivity index (χ0) is 23.4. The van der Waals surface area contributed by atoms with E-state index in [0.29, 0.717) is 10.7 Å². The topological polar surface area (TPSA) is 66.5 Å². The first-order valence-electron chi connectivity index (χ1n) is 10.4. The van der Waals surface area contributed by atoms with Gasteiger partial charge in [-0.05, 0) is 48.2 Å². The van der Waals surface area contributed by atoms with Crippen molar-refractivity contribution in [2.45, 2.75) is 18.4 Å². The molecule has 0 aliphatic rings. The van der Waals surface area contributed by atoms with Gasteiger partial charge in [0.2, 0.25) is 15.9 Å². The van der Waals surface area contributed by atoms with Crippen molar-refractivity contribution in [3.05, 3.63) is 107 Å². The molecular formula is C26H23ClN2O3S. The highest BCUT2D eigenvalue weighted by molar-refractivity contribution is 7.89. The van der Waals surface area contributed by atoms with Gasteiger partial charge in [-0.2, -0.15) is 4.31 Å². The molecule has 7 heteroatoms. The maximum atomic E-state index is 13.4. The number of carbonyl (C=O) groups excluding carboxylic acids is 1. The first-order valence-corrected chi connectivity index (χ1v) is 12.2. The molecule has 33 heavy (non-hydrogen) atoms. The Morgan fingerprint density at radius 2 is 1.61 bits per heavy atom. The lowest BCUT2D eigenvalue weighted by atomic mass is 10.1. The van der Waals surface area contributed by atoms with Gasteiger partial charge in [0.1, 0.15) is 0 Å². The molecule has 4 rings (SSSR count). The van der Waals surface area contributed by atoms with E-state index in [2.05, 4.69) is 5.32 Å². The number of halogens is 1. The van der Waals surface area contributed by atoms with Gasteiger partial charge in [0.15, 0.2) is 0 Å². The standard InChI is InChI=1S/C26H23ClN2O3S/c1-19-6-4-7-20(16-19)17-29(33(31,32)23-14-12-22(27)13-15-23)18-26(30)28-25-11-5-9-21-8-2-3-10-24(21)25/h2-16H,17-18H2,1H3,(H,28,30). The maximum Gasteiger partial charge on any atom is 0.243 e. The number of anilines is 1. The fourth-order valence-corrected chi connectivity index (χ4v) is 5.19. The van der Waals surface area contributed by atoms with Crippen molar-refractivity contribution in [2.75, 3.05) is 11.9 Å². The number of aryl methyl sites for hydroxylation is 1. The molecule has 4 aromatic rings. The molecule has 168 valence electrons. The van der Waals surface area contributed by atoms with E-state index < -0.39 is 15.9 Å². The van der Waals surface area contributed by atoms with Gasteiger partial charge in [0.25, 0.3) is 0 Å². The van der Waals surface area contributed by atoms with Crippen molar-refractivity contribution in [1.82, 2.24) is 4.31 Å². The molecule has 0 heterocycles. The highest BCUT2D eigenvalue weighted by atomic mass is 35.5. The third-order valence-electron chi connectivity index (χ3n) is 5.28. The molecule has 0 radical (unpaired) electrons. The molecule has 1 N–H and O–H groups in total. The lowest BCUT2D eigenvalue weighted by Crippen LogP contribution is -2.37. The van der Waals surface area contributed by atoms with Crippen LogP contribution in [0.1, 0.15) is 11.1 Å². The van der Waals surface area contributed by atoms with Crippen LogP contribution >= 0.6 is 11.6 Å². The summed E-state index contributed by atoms with van der Waals surface area (Å²) in [5.74, 6) is -0.420. The zero-order valence-corrected chi connectivity index (χ0v) is 19.6. The number of benzene rings is 4. The zero-order valence-electron chi connectivity index (χ0n) is 18.0. The van der Waals surface area contributed by atoms with Crippen molar-refractivity contribution < 1.29 is 13.2 Å². The second kappa shape index (κ2) is 9.75. The van der Waals surface area contributed by atoms with Gasteiger partial charge in [0.05, 0.1) is 11.4 Å². The van der Waals surface area contributed by atoms with E-state index in [0.717, 1.165) is 21.9 Å². The molecule has 0 aliphatic carbocycles. The van der Waals surface area contributed by atoms with E-state index >= 15 is 0 Å². The van der Waals surface area contributed by atoms with Crippen molar-refractivity contribution in [2.24, 2.45) is 0 Å². The minimum absolute atomic E-state index is 0.0651. The van der Waals surface area contributed by atoms with Crippen molar-refractivity contribution in [1.29, 1.82) is 0 Å². The molecule has 0 saturated carbocycles. The third kappa shape index (κ3) is 5.42. The van der Waals surface area contributed by atoms with E-state index in [1.165, 1.54) is 28.6 Å². The van der Waals surface area contributed by atoms with Gasteiger partial charge >= 0.3 is 0 Å². The Morgan fingerprint density at radius 1 is 0.909 bits per heavy atom. The molecule has 0 aromatic heterocycles. The highest BCUT2D eigenvalue weighted by Crippen LogP contribution is 2.24. The van der Waals surface area contributed by atoms with E-state index in [9.17, 15) is 13.2 Å². The highest BCUT2D eigenvalue weighted by Gasteiger charge is 2.27. The normalized spacial score (nSPS) is 11.6. The Kier molecular flexibility index (Phi) is 6.79. The molecule has 0 bridgehead atoms. The van der Waals surface area contributed by atoms with E-state index in [1.54, 1.807) is 6.07 Å². The Morgan fingerprint density at radius 3 is 2.36 bits per heavy atom. The van der Waals surface area contributed by atoms with Gasteiger partial charge in [-0.1, -0.05) is 77.8 Å². The fourth-order valence-electron chi connectivity index (χ4n) is 3.68. The lowest BCUT2D eigenvalue weighted by molar-refractivity contribution is -0.116. The van der Waals surface area contributed by atoms with Gasteiger partial charge in [-0.3, -0.25) is 4.79 Å². The molecular weight excluding hydrogens is 456 g/mol. The summed E-state index contributed by atoms with van der Waals surface area (Å²) in [6.45, 7) is 1.67. The second-order valence-electron chi connectivity index (χ2n) is 7.79. The summed E-state index contributed by atoms with van der Waals surface area (Å²) in [4.78, 5) is 13.1. The van der Waals surface area contributed by atoms with Crippen molar-refractivity contribution in [3.63, 3.8) is 0 Å².